The van der Waals surface area contributed by atoms with E-state index in [-0.39, 0.29) is 6.61 Å². The Morgan fingerprint density at radius 2 is 2.08 bits per heavy atom. The van der Waals surface area contributed by atoms with E-state index in [1.165, 1.54) is 0 Å². The predicted molar refractivity (Wildman–Crippen MR) is 92.8 cm³/mol. The van der Waals surface area contributed by atoms with Crippen LogP contribution in [0.1, 0.15) is 22.5 Å². The molecular weight excluding hydrogens is 304 g/mol. The van der Waals surface area contributed by atoms with Gasteiger partial charge in [0.25, 0.3) is 0 Å². The molecular formula is C18H22N4O2. The number of benzene rings is 1. The van der Waals surface area contributed by atoms with Gasteiger partial charge in [-0.3, -0.25) is 4.68 Å². The standard InChI is InChI=1S/C18H22N4O2/c1-12-4-5-15(18-19-6-9-24-18)10-17(12)20-11-16-13(2)21-22(7-8-23)14(16)3/h4-6,9-10,20,23H,7-8,11H2,1-3H3. The lowest BCUT2D eigenvalue weighted by atomic mass is 10.1. The summed E-state index contributed by atoms with van der Waals surface area (Å²) in [6.45, 7) is 7.38. The fourth-order valence-corrected chi connectivity index (χ4v) is 2.80. The van der Waals surface area contributed by atoms with E-state index in [0.29, 0.717) is 19.0 Å². The van der Waals surface area contributed by atoms with Crippen molar-refractivity contribution < 1.29 is 9.52 Å². The summed E-state index contributed by atoms with van der Waals surface area (Å²) < 4.78 is 7.22. The maximum Gasteiger partial charge on any atom is 0.225 e. The van der Waals surface area contributed by atoms with Crippen LogP contribution in [0, 0.1) is 20.8 Å². The number of aliphatic hydroxyl groups excluding tert-OH is 1. The maximum absolute atomic E-state index is 9.12. The first-order valence-electron chi connectivity index (χ1n) is 7.98. The summed E-state index contributed by atoms with van der Waals surface area (Å²) in [6.07, 6.45) is 3.22. The van der Waals surface area contributed by atoms with Gasteiger partial charge in [-0.25, -0.2) is 4.98 Å². The van der Waals surface area contributed by atoms with E-state index in [1.54, 1.807) is 12.5 Å². The molecule has 24 heavy (non-hydrogen) atoms. The van der Waals surface area contributed by atoms with Crippen LogP contribution in [0.25, 0.3) is 11.5 Å². The molecule has 2 heterocycles. The van der Waals surface area contributed by atoms with Crippen molar-refractivity contribution in [3.8, 4) is 11.5 Å². The third-order valence-electron chi connectivity index (χ3n) is 4.22. The molecule has 2 N–H and O–H groups in total. The minimum atomic E-state index is 0.0894. The zero-order valence-corrected chi connectivity index (χ0v) is 14.2. The monoisotopic (exact) mass is 326 g/mol. The van der Waals surface area contributed by atoms with Gasteiger partial charge in [0.2, 0.25) is 5.89 Å². The van der Waals surface area contributed by atoms with Crippen LogP contribution in [0.15, 0.2) is 35.1 Å². The van der Waals surface area contributed by atoms with Gasteiger partial charge in [0.1, 0.15) is 6.26 Å². The largest absolute Gasteiger partial charge is 0.445 e. The Kier molecular flexibility index (Phi) is 4.66. The van der Waals surface area contributed by atoms with Gasteiger partial charge in [0.05, 0.1) is 25.0 Å². The Hall–Kier alpha value is -2.60. The number of hydrogen-bond acceptors (Lipinski definition) is 5. The van der Waals surface area contributed by atoms with Crippen molar-refractivity contribution in [3.05, 3.63) is 53.2 Å². The molecule has 3 rings (SSSR count). The van der Waals surface area contributed by atoms with Crippen LogP contribution in [-0.4, -0.2) is 26.5 Å². The summed E-state index contributed by atoms with van der Waals surface area (Å²) in [5.74, 6) is 0.612. The fourth-order valence-electron chi connectivity index (χ4n) is 2.80. The number of rotatable bonds is 6. The van der Waals surface area contributed by atoms with Crippen LogP contribution in [0.3, 0.4) is 0 Å². The van der Waals surface area contributed by atoms with Gasteiger partial charge >= 0.3 is 0 Å². The molecule has 0 aliphatic rings. The number of aromatic nitrogens is 3. The normalized spacial score (nSPS) is 11.0. The van der Waals surface area contributed by atoms with Gasteiger partial charge in [0, 0.05) is 29.1 Å². The van der Waals surface area contributed by atoms with Crippen molar-refractivity contribution in [1.29, 1.82) is 0 Å². The smallest absolute Gasteiger partial charge is 0.225 e. The number of hydrogen-bond donors (Lipinski definition) is 2. The van der Waals surface area contributed by atoms with E-state index in [4.69, 9.17) is 9.52 Å². The molecule has 2 aromatic heterocycles. The minimum absolute atomic E-state index is 0.0894. The lowest BCUT2D eigenvalue weighted by Gasteiger charge is -2.11. The van der Waals surface area contributed by atoms with Gasteiger partial charge in [0.15, 0.2) is 0 Å². The van der Waals surface area contributed by atoms with E-state index in [0.717, 1.165) is 33.8 Å². The van der Waals surface area contributed by atoms with Gasteiger partial charge in [-0.2, -0.15) is 5.10 Å². The molecule has 126 valence electrons. The molecule has 0 bridgehead atoms. The van der Waals surface area contributed by atoms with Crippen LogP contribution in [0.5, 0.6) is 0 Å². The highest BCUT2D eigenvalue weighted by atomic mass is 16.3. The van der Waals surface area contributed by atoms with E-state index >= 15 is 0 Å². The lowest BCUT2D eigenvalue weighted by molar-refractivity contribution is 0.268. The Morgan fingerprint density at radius 1 is 1.25 bits per heavy atom. The molecule has 1 aromatic carbocycles. The molecule has 0 radical (unpaired) electrons. The average molecular weight is 326 g/mol. The molecule has 0 fully saturated rings. The Bertz CT molecular complexity index is 822. The van der Waals surface area contributed by atoms with Crippen LogP contribution in [0.2, 0.25) is 0 Å². The Balaban J connectivity index is 1.81. The van der Waals surface area contributed by atoms with Crippen LogP contribution >= 0.6 is 0 Å². The highest BCUT2D eigenvalue weighted by Gasteiger charge is 2.12. The zero-order valence-electron chi connectivity index (χ0n) is 14.2. The maximum atomic E-state index is 9.12. The number of anilines is 1. The Labute approximate surface area is 141 Å². The third kappa shape index (κ3) is 3.19. The molecule has 0 aliphatic carbocycles. The highest BCUT2D eigenvalue weighted by Crippen LogP contribution is 2.25. The first-order chi connectivity index (χ1) is 11.6. The van der Waals surface area contributed by atoms with E-state index in [2.05, 4.69) is 28.4 Å². The van der Waals surface area contributed by atoms with Crippen LogP contribution < -0.4 is 5.32 Å². The van der Waals surface area contributed by atoms with Gasteiger partial charge in [-0.15, -0.1) is 0 Å². The van der Waals surface area contributed by atoms with E-state index in [1.807, 2.05) is 30.7 Å². The molecule has 0 unspecified atom stereocenters. The minimum Gasteiger partial charge on any atom is -0.445 e. The van der Waals surface area contributed by atoms with Crippen LogP contribution in [-0.2, 0) is 13.1 Å². The average Bonchev–Trinajstić information content (AvgIpc) is 3.18. The Morgan fingerprint density at radius 3 is 2.79 bits per heavy atom. The first kappa shape index (κ1) is 16.3. The molecule has 0 saturated carbocycles. The van der Waals surface area contributed by atoms with Crippen molar-refractivity contribution in [1.82, 2.24) is 14.8 Å². The quantitative estimate of drug-likeness (QED) is 0.728. The predicted octanol–water partition coefficient (Wildman–Crippen LogP) is 3.07. The summed E-state index contributed by atoms with van der Waals surface area (Å²) >= 11 is 0. The molecule has 0 amide bonds. The van der Waals surface area contributed by atoms with Crippen LogP contribution in [0.4, 0.5) is 5.69 Å². The summed E-state index contributed by atoms with van der Waals surface area (Å²) in [6, 6.07) is 6.10. The summed E-state index contributed by atoms with van der Waals surface area (Å²) in [5.41, 5.74) is 6.36. The van der Waals surface area contributed by atoms with Crippen molar-refractivity contribution in [2.24, 2.45) is 0 Å². The zero-order chi connectivity index (χ0) is 17.1. The number of nitrogens with zero attached hydrogens (tertiary/aromatic N) is 3. The van der Waals surface area contributed by atoms with Gasteiger partial charge < -0.3 is 14.8 Å². The van der Waals surface area contributed by atoms with E-state index < -0.39 is 0 Å². The molecule has 0 atom stereocenters. The molecule has 6 heteroatoms. The molecule has 0 spiro atoms. The molecule has 3 aromatic rings. The SMILES string of the molecule is Cc1ccc(-c2ncco2)cc1NCc1c(C)nn(CCO)c1C. The molecule has 6 nitrogen and oxygen atoms in total. The summed E-state index contributed by atoms with van der Waals surface area (Å²) in [5, 5.41) is 17.1. The number of aryl methyl sites for hydroxylation is 2. The third-order valence-corrected chi connectivity index (χ3v) is 4.22. The lowest BCUT2D eigenvalue weighted by Crippen LogP contribution is -2.07. The summed E-state index contributed by atoms with van der Waals surface area (Å²) in [4.78, 5) is 4.20. The van der Waals surface area contributed by atoms with Gasteiger partial charge in [-0.1, -0.05) is 6.07 Å². The second kappa shape index (κ2) is 6.88. The van der Waals surface area contributed by atoms with Crippen molar-refractivity contribution in [3.63, 3.8) is 0 Å². The number of aliphatic hydroxyl groups is 1. The fraction of sp³-hybridized carbons (Fsp3) is 0.333. The molecule has 0 saturated heterocycles. The van der Waals surface area contributed by atoms with Crippen molar-refractivity contribution in [2.45, 2.75) is 33.9 Å². The summed E-state index contributed by atoms with van der Waals surface area (Å²) in [7, 11) is 0. The topological polar surface area (TPSA) is 76.1 Å². The first-order valence-corrected chi connectivity index (χ1v) is 7.98. The number of oxazole rings is 1. The number of nitrogens with one attached hydrogen (secondary N) is 1. The second-order valence-electron chi connectivity index (χ2n) is 5.82. The van der Waals surface area contributed by atoms with Crippen molar-refractivity contribution >= 4 is 5.69 Å². The second-order valence-corrected chi connectivity index (χ2v) is 5.82. The van der Waals surface area contributed by atoms with Crippen molar-refractivity contribution in [2.75, 3.05) is 11.9 Å². The molecule has 0 aliphatic heterocycles. The highest BCUT2D eigenvalue weighted by molar-refractivity contribution is 5.64. The van der Waals surface area contributed by atoms with E-state index in [9.17, 15) is 0 Å². The van der Waals surface area contributed by atoms with Gasteiger partial charge in [-0.05, 0) is 38.5 Å².